The molecular weight excluding hydrogens is 1250 g/mol. The maximum absolute atomic E-state index is 14.3. The molecule has 8 heterocycles. The third kappa shape index (κ3) is 13.9. The topological polar surface area (TPSA) is 320 Å². The van der Waals surface area contributed by atoms with E-state index in [-0.39, 0.29) is 40.3 Å². The average molecular weight is 1300 g/mol. The number of H-pyrrole nitrogens is 3. The maximum Gasteiger partial charge on any atom is 0.331 e. The zero-order chi connectivity index (χ0) is 64.5. The summed E-state index contributed by atoms with van der Waals surface area (Å²) in [6.07, 6.45) is 13.9. The number of nitrogens with zero attached hydrogens (tertiary/aromatic N) is 10. The van der Waals surface area contributed by atoms with Crippen LogP contribution in [-0.2, 0) is 16.3 Å². The van der Waals surface area contributed by atoms with Crippen molar-refractivity contribution in [2.24, 2.45) is 10.9 Å². The van der Waals surface area contributed by atoms with Gasteiger partial charge < -0.3 is 56.0 Å². The van der Waals surface area contributed by atoms with Gasteiger partial charge in [0, 0.05) is 78.3 Å². The number of carboxylic acids is 1. The van der Waals surface area contributed by atoms with E-state index in [0.29, 0.717) is 82.3 Å². The minimum absolute atomic E-state index is 0.0715. The van der Waals surface area contributed by atoms with Crippen LogP contribution in [0.3, 0.4) is 0 Å². The number of aromatic nitrogens is 12. The first kappa shape index (κ1) is 61.3. The van der Waals surface area contributed by atoms with Gasteiger partial charge in [0.1, 0.15) is 40.6 Å². The first-order valence-electron chi connectivity index (χ1n) is 28.4. The third-order valence-electron chi connectivity index (χ3n) is 14.3. The highest BCUT2D eigenvalue weighted by atomic mass is 35.5. The summed E-state index contributed by atoms with van der Waals surface area (Å²) >= 11 is 18.1. The Labute approximate surface area is 532 Å². The number of hydrogen-bond acceptors (Lipinski definition) is 18. The Morgan fingerprint density at radius 1 is 0.783 bits per heavy atom. The number of esters is 1. The molecule has 92 heavy (non-hydrogen) atoms. The number of hydrogen-bond donors (Lipinski definition) is 8. The molecule has 0 atom stereocenters. The molecule has 0 unspecified atom stereocenters. The van der Waals surface area contributed by atoms with Crippen molar-refractivity contribution in [3.05, 3.63) is 208 Å². The van der Waals surface area contributed by atoms with Crippen LogP contribution < -0.4 is 59.2 Å². The molecule has 24 nitrogen and oxygen atoms in total. The molecule has 0 saturated heterocycles. The van der Waals surface area contributed by atoms with Gasteiger partial charge in [-0.05, 0) is 110 Å². The van der Waals surface area contributed by atoms with Crippen LogP contribution in [-0.4, -0.2) is 87.8 Å². The minimum atomic E-state index is -1.24. The molecule has 0 spiro atoms. The fourth-order valence-electron chi connectivity index (χ4n) is 9.40. The van der Waals surface area contributed by atoms with E-state index in [4.69, 9.17) is 39.5 Å². The number of pyridine rings is 2. The average Bonchev–Trinajstić information content (AvgIpc) is 0.907. The summed E-state index contributed by atoms with van der Waals surface area (Å²) in [5.41, 5.74) is 2.91. The standard InChI is InChI=1S/C24H23ClFN7O4.C20H17ClFN7O.C19H12ClN3O2/c1-12(2)23(35)37-11-32-22(34)18(30-24(32)36)7-13-10-27-33-20(28-15-4-5-15)9-19(31-21(13)33)29-17-8-14(25)3-6-16(17)26;1-10-15(27-20(30)24-10)6-11-9-23-29-18(25-13-3-4-13)8-17(28-19(11)29)26-16-7-12(21)2-5-14(16)22;20-12-2-1-3-13(9-12)22-18-15-6-7-21-10-16(15)14-5-4-11(19(24)25)8-17(14)23-18/h3,6-10,12,15,29,34H,4-5,11H2,1-2H3,(H,30,36);2,5-9,13,25H,1,3-4H2,(H,26,28)(H2,24,27,30);1-10H,(H,22,23)(H,24,25)/p-1/b;15-6-;. The molecule has 12 aromatic rings. The number of halogens is 5. The molecule has 8 aromatic heterocycles. The van der Waals surface area contributed by atoms with Gasteiger partial charge >= 0.3 is 17.3 Å². The number of nitrogens with one attached hydrogen (secondary N) is 7. The van der Waals surface area contributed by atoms with Crippen LogP contribution in [0.2, 0.25) is 15.1 Å². The molecule has 4 aromatic carbocycles. The van der Waals surface area contributed by atoms with E-state index in [0.717, 1.165) is 57.9 Å². The number of imidazole rings is 2. The number of aromatic carboxylic acids is 1. The Hall–Kier alpha value is -11.0. The number of benzene rings is 4. The number of fused-ring (bicyclic) bond motifs is 5. The van der Waals surface area contributed by atoms with Crippen LogP contribution in [0.4, 0.5) is 49.1 Å². The van der Waals surface area contributed by atoms with Crippen LogP contribution in [0.1, 0.15) is 61.1 Å². The van der Waals surface area contributed by atoms with Crippen molar-refractivity contribution in [2.45, 2.75) is 58.3 Å². The monoisotopic (exact) mass is 1300 g/mol. The lowest BCUT2D eigenvalue weighted by Gasteiger charge is -2.12. The fraction of sp³-hybridized carbons (Fsp3) is 0.159. The van der Waals surface area contributed by atoms with E-state index in [9.17, 15) is 38.2 Å². The Balaban J connectivity index is 0.000000136. The van der Waals surface area contributed by atoms with E-state index in [1.165, 1.54) is 65.3 Å². The highest BCUT2D eigenvalue weighted by Crippen LogP contribution is 2.33. The summed E-state index contributed by atoms with van der Waals surface area (Å²) in [4.78, 5) is 77.2. The van der Waals surface area contributed by atoms with Crippen molar-refractivity contribution in [3.8, 4) is 5.88 Å². The number of aromatic hydroxyl groups is 1. The summed E-state index contributed by atoms with van der Waals surface area (Å²) < 4.78 is 37.7. The number of carbonyl (C=O) groups is 2. The lowest BCUT2D eigenvalue weighted by Crippen LogP contribution is -2.22. The first-order valence-corrected chi connectivity index (χ1v) is 29.5. The van der Waals surface area contributed by atoms with Crippen molar-refractivity contribution in [1.29, 1.82) is 0 Å². The van der Waals surface area contributed by atoms with Crippen LogP contribution in [0.15, 0.2) is 136 Å². The normalized spacial score (nSPS) is 13.5. The molecular formula is C63H51Cl3F2N17O7-. The number of anilines is 7. The molecule has 29 heteroatoms. The zero-order valence-corrected chi connectivity index (χ0v) is 50.7. The van der Waals surface area contributed by atoms with Crippen molar-refractivity contribution >= 4 is 139 Å². The predicted molar refractivity (Wildman–Crippen MR) is 343 cm³/mol. The van der Waals surface area contributed by atoms with Gasteiger partial charge in [-0.3, -0.25) is 14.8 Å². The second-order valence-electron chi connectivity index (χ2n) is 21.6. The number of ether oxygens (including phenoxy) is 1. The van der Waals surface area contributed by atoms with Crippen LogP contribution >= 0.6 is 34.8 Å². The van der Waals surface area contributed by atoms with Crippen molar-refractivity contribution in [2.75, 3.05) is 21.3 Å². The van der Waals surface area contributed by atoms with E-state index in [2.05, 4.69) is 77.9 Å². The van der Waals surface area contributed by atoms with Gasteiger partial charge in [0.2, 0.25) is 5.88 Å². The first-order chi connectivity index (χ1) is 44.3. The lowest BCUT2D eigenvalue weighted by atomic mass is 10.1. The van der Waals surface area contributed by atoms with E-state index >= 15 is 0 Å². The molecule has 0 radical (unpaired) electrons. The van der Waals surface area contributed by atoms with Gasteiger partial charge in [-0.15, -0.1) is 0 Å². The van der Waals surface area contributed by atoms with E-state index in [1.807, 2.05) is 18.2 Å². The van der Waals surface area contributed by atoms with Gasteiger partial charge in [0.25, 0.3) is 0 Å². The maximum atomic E-state index is 14.3. The quantitative estimate of drug-likeness (QED) is 0.0357. The summed E-state index contributed by atoms with van der Waals surface area (Å²) in [7, 11) is 0. The molecule has 0 bridgehead atoms. The third-order valence-corrected chi connectivity index (χ3v) is 15.0. The zero-order valence-electron chi connectivity index (χ0n) is 48.4. The van der Waals surface area contributed by atoms with Gasteiger partial charge in [-0.2, -0.15) is 19.2 Å². The number of aromatic amines is 3. The van der Waals surface area contributed by atoms with Gasteiger partial charge in [0.05, 0.1) is 57.9 Å². The minimum Gasteiger partial charge on any atom is -0.545 e. The Morgan fingerprint density at radius 3 is 2.16 bits per heavy atom. The van der Waals surface area contributed by atoms with Crippen molar-refractivity contribution in [3.63, 3.8) is 0 Å². The van der Waals surface area contributed by atoms with E-state index < -0.39 is 41.9 Å². The molecule has 466 valence electrons. The Bertz CT molecular complexity index is 5270. The van der Waals surface area contributed by atoms with Gasteiger partial charge in [0.15, 0.2) is 23.5 Å². The molecule has 0 amide bonds. The van der Waals surface area contributed by atoms with Crippen molar-refractivity contribution in [1.82, 2.24) is 58.7 Å². The second-order valence-corrected chi connectivity index (χ2v) is 22.9. The molecule has 8 N–H and O–H groups in total. The van der Waals surface area contributed by atoms with Gasteiger partial charge in [-0.25, -0.2) is 37.9 Å². The predicted octanol–water partition coefficient (Wildman–Crippen LogP) is 7.87. The lowest BCUT2D eigenvalue weighted by molar-refractivity contribution is -0.255. The summed E-state index contributed by atoms with van der Waals surface area (Å²) in [5.74, 6) is -1.43. The van der Waals surface area contributed by atoms with Crippen molar-refractivity contribution < 1.29 is 33.3 Å². The number of carboxylic acid groups (broad SMARTS) is 1. The highest BCUT2D eigenvalue weighted by molar-refractivity contribution is 6.31. The SMILES string of the molecule is C=c1[nH]c(=O)[nH]/c1=C\c1cnn2c(NC3CC3)cc(Nc3cc(Cl)ccc3F)nc12.CC(C)C(=O)OCn1c(O)c(C=c2cnn3c(=NC4CC4)cc(Nc4cc(Cl)ccc4F)nc23)[nH]c1=O.O=C([O-])c1ccc2c(c1)nc(Nc1cccc(Cl)c1)c1ccncc12. The largest absolute Gasteiger partial charge is 0.545 e. The number of rotatable bonds is 15. The highest BCUT2D eigenvalue weighted by Gasteiger charge is 2.24. The fourth-order valence-corrected chi connectivity index (χ4v) is 9.93. The molecule has 2 aliphatic rings. The molecule has 2 fully saturated rings. The Morgan fingerprint density at radius 2 is 1.49 bits per heavy atom. The second kappa shape index (κ2) is 25.9. The molecule has 2 aliphatic carbocycles. The smallest absolute Gasteiger partial charge is 0.331 e. The van der Waals surface area contributed by atoms with Crippen LogP contribution in [0, 0.1) is 17.6 Å². The molecule has 0 aliphatic heterocycles. The molecule has 14 rings (SSSR count). The summed E-state index contributed by atoms with van der Waals surface area (Å²) in [6.45, 7) is 6.69. The Kier molecular flexibility index (Phi) is 17.2. The molecule has 2 saturated carbocycles. The summed E-state index contributed by atoms with van der Waals surface area (Å²) in [6, 6.07) is 26.3. The van der Waals surface area contributed by atoms with Gasteiger partial charge in [-0.1, -0.05) is 73.4 Å². The van der Waals surface area contributed by atoms with Crippen LogP contribution in [0.25, 0.3) is 51.7 Å². The van der Waals surface area contributed by atoms with E-state index in [1.54, 1.807) is 73.4 Å². The summed E-state index contributed by atoms with van der Waals surface area (Å²) in [5, 5.41) is 48.5. The number of carbonyl (C=O) groups excluding carboxylic acids is 2. The van der Waals surface area contributed by atoms with Crippen LogP contribution in [0.5, 0.6) is 5.88 Å².